The van der Waals surface area contributed by atoms with Gasteiger partial charge in [0.15, 0.2) is 0 Å². The molecular formula is C33H49ClN2O2. The first-order chi connectivity index (χ1) is 17.8. The number of nitrogens with zero attached hydrogens (tertiary/aromatic N) is 1. The van der Waals surface area contributed by atoms with Crippen LogP contribution in [0, 0.1) is 46.3 Å². The third kappa shape index (κ3) is 4.38. The maximum absolute atomic E-state index is 12.7. The van der Waals surface area contributed by atoms with Crippen molar-refractivity contribution in [1.29, 1.82) is 0 Å². The van der Waals surface area contributed by atoms with Crippen molar-refractivity contribution in [3.05, 3.63) is 47.7 Å². The second-order valence-electron chi connectivity index (χ2n) is 14.2. The van der Waals surface area contributed by atoms with E-state index < -0.39 is 11.1 Å². The molecule has 0 bridgehead atoms. The van der Waals surface area contributed by atoms with Crippen LogP contribution >= 0.6 is 11.6 Å². The van der Waals surface area contributed by atoms with Crippen molar-refractivity contribution in [2.45, 2.75) is 104 Å². The van der Waals surface area contributed by atoms with E-state index in [4.69, 9.17) is 11.6 Å². The summed E-state index contributed by atoms with van der Waals surface area (Å²) in [6.07, 6.45) is 17.2. The van der Waals surface area contributed by atoms with Gasteiger partial charge in [0.2, 0.25) is 0 Å². The quantitative estimate of drug-likeness (QED) is 0.324. The number of allylic oxidation sites excluding steroid dienone is 2. The van der Waals surface area contributed by atoms with Gasteiger partial charge in [0, 0.05) is 18.0 Å². The fourth-order valence-corrected chi connectivity index (χ4v) is 9.39. The van der Waals surface area contributed by atoms with Crippen molar-refractivity contribution in [1.82, 2.24) is 4.98 Å². The summed E-state index contributed by atoms with van der Waals surface area (Å²) >= 11 is 6.12. The van der Waals surface area contributed by atoms with E-state index in [1.54, 1.807) is 6.20 Å². The first-order valence-electron chi connectivity index (χ1n) is 15.0. The molecular weight excluding hydrogens is 492 g/mol. The van der Waals surface area contributed by atoms with Crippen molar-refractivity contribution in [3.63, 3.8) is 0 Å². The van der Waals surface area contributed by atoms with Gasteiger partial charge in [-0.1, -0.05) is 77.4 Å². The minimum atomic E-state index is -0.827. The van der Waals surface area contributed by atoms with Crippen molar-refractivity contribution >= 4 is 17.4 Å². The molecule has 3 N–H and O–H groups in total. The summed E-state index contributed by atoms with van der Waals surface area (Å²) in [5.74, 6) is 3.49. The van der Waals surface area contributed by atoms with Crippen LogP contribution in [0.25, 0.3) is 0 Å². The highest BCUT2D eigenvalue weighted by molar-refractivity contribution is 6.30. The van der Waals surface area contributed by atoms with E-state index in [0.29, 0.717) is 35.1 Å². The number of nitrogens with one attached hydrogen (secondary N) is 1. The summed E-state index contributed by atoms with van der Waals surface area (Å²) in [5, 5.41) is 27.9. The lowest BCUT2D eigenvalue weighted by Gasteiger charge is -2.66. The number of hydrogen-bond acceptors (Lipinski definition) is 4. The Morgan fingerprint density at radius 3 is 2.45 bits per heavy atom. The molecule has 0 aliphatic heterocycles. The lowest BCUT2D eigenvalue weighted by molar-refractivity contribution is -0.177. The Morgan fingerprint density at radius 1 is 1.00 bits per heavy atom. The number of aliphatic hydroxyl groups excluding tert-OH is 1. The van der Waals surface area contributed by atoms with Crippen molar-refractivity contribution < 1.29 is 10.2 Å². The predicted octanol–water partition coefficient (Wildman–Crippen LogP) is 7.66. The minimum Gasteiger partial charge on any atom is -0.393 e. The molecule has 3 fully saturated rings. The number of fused-ring (bicyclic) bond motifs is 5. The fourth-order valence-electron chi connectivity index (χ4n) is 9.27. The topological polar surface area (TPSA) is 65.4 Å². The molecule has 1 heterocycles. The van der Waals surface area contributed by atoms with Crippen LogP contribution in [0.3, 0.4) is 0 Å². The third-order valence-electron chi connectivity index (χ3n) is 12.0. The second kappa shape index (κ2) is 9.93. The van der Waals surface area contributed by atoms with Crippen LogP contribution in [0.1, 0.15) is 86.5 Å². The van der Waals surface area contributed by atoms with E-state index in [1.165, 1.54) is 6.42 Å². The zero-order chi connectivity index (χ0) is 27.5. The lowest BCUT2D eigenvalue weighted by Crippen LogP contribution is -2.69. The number of aliphatic hydroxyl groups is 2. The molecule has 4 nitrogen and oxygen atoms in total. The Balaban J connectivity index is 1.48. The van der Waals surface area contributed by atoms with Crippen LogP contribution in [0.4, 0.5) is 5.82 Å². The summed E-state index contributed by atoms with van der Waals surface area (Å²) < 4.78 is 0. The highest BCUT2D eigenvalue weighted by Gasteiger charge is 2.68. The molecule has 210 valence electrons. The Kier molecular flexibility index (Phi) is 7.36. The Labute approximate surface area is 235 Å². The van der Waals surface area contributed by atoms with Crippen molar-refractivity contribution in [2.75, 3.05) is 5.32 Å². The number of aromatic nitrogens is 1. The second-order valence-corrected chi connectivity index (χ2v) is 14.6. The van der Waals surface area contributed by atoms with Crippen molar-refractivity contribution in [3.8, 4) is 0 Å². The Bertz CT molecular complexity index is 1070. The smallest absolute Gasteiger partial charge is 0.126 e. The molecule has 4 aliphatic carbocycles. The van der Waals surface area contributed by atoms with E-state index in [9.17, 15) is 10.2 Å². The number of hydrogen-bond donors (Lipinski definition) is 3. The molecule has 0 aromatic carbocycles. The standard InChI is InChI=1S/C33H49ClN2O2/c1-21(2)22(3)7-8-23(4)26-10-11-27-30(26,5)15-14-28-31(6)16-13-25(37)19-32(31,17-18-33(27,28)38)36-29-12-9-24(34)20-35-29/h7-9,12,17-18,20-23,25-28,37-38H,10-11,13-16,19H2,1-6H3,(H,35,36)/b8-7+/t22-,23+,25-,26+,27+,28+,30+,31+,32+,33-/m0/s1. The van der Waals surface area contributed by atoms with Crippen LogP contribution in [0.5, 0.6) is 0 Å². The van der Waals surface area contributed by atoms with Gasteiger partial charge in [-0.25, -0.2) is 4.98 Å². The van der Waals surface area contributed by atoms with Crippen LogP contribution in [0.15, 0.2) is 42.6 Å². The number of anilines is 1. The first-order valence-corrected chi connectivity index (χ1v) is 15.4. The summed E-state index contributed by atoms with van der Waals surface area (Å²) in [6, 6.07) is 3.77. The zero-order valence-electron chi connectivity index (χ0n) is 24.3. The van der Waals surface area contributed by atoms with Gasteiger partial charge in [-0.3, -0.25) is 0 Å². The summed E-state index contributed by atoms with van der Waals surface area (Å²) in [7, 11) is 0. The SMILES string of the molecule is CC(C)[C@@H](C)/C=C/[C@@H](C)[C@H]1CC[C@H]2[C@@]3(O)C=C[C@@]4(Nc5ccc(Cl)cn5)C[C@@H](O)CC[C@]4(C)[C@H]3CC[C@]12C. The first kappa shape index (κ1) is 28.2. The van der Waals surface area contributed by atoms with E-state index in [2.05, 4.69) is 76.1 Å². The fraction of sp³-hybridized carbons (Fsp3) is 0.727. The average Bonchev–Trinajstić information content (AvgIpc) is 3.23. The molecule has 0 amide bonds. The van der Waals surface area contributed by atoms with E-state index in [-0.39, 0.29) is 28.8 Å². The van der Waals surface area contributed by atoms with Crippen LogP contribution < -0.4 is 5.32 Å². The van der Waals surface area contributed by atoms with E-state index >= 15 is 0 Å². The molecule has 10 atom stereocenters. The lowest BCUT2D eigenvalue weighted by atomic mass is 9.42. The van der Waals surface area contributed by atoms with E-state index in [1.807, 2.05) is 12.1 Å². The molecule has 0 radical (unpaired) electrons. The van der Waals surface area contributed by atoms with Gasteiger partial charge < -0.3 is 15.5 Å². The largest absolute Gasteiger partial charge is 0.393 e. The van der Waals surface area contributed by atoms with Gasteiger partial charge in [-0.05, 0) is 91.6 Å². The van der Waals surface area contributed by atoms with Crippen LogP contribution in [0.2, 0.25) is 5.02 Å². The van der Waals surface area contributed by atoms with Crippen molar-refractivity contribution in [2.24, 2.45) is 46.3 Å². The molecule has 5 heteroatoms. The van der Waals surface area contributed by atoms with Gasteiger partial charge in [-0.2, -0.15) is 0 Å². The average molecular weight is 541 g/mol. The molecule has 4 aliphatic rings. The number of pyridine rings is 1. The molecule has 1 aromatic heterocycles. The summed E-state index contributed by atoms with van der Waals surface area (Å²) in [6.45, 7) is 14.1. The van der Waals surface area contributed by atoms with Crippen LogP contribution in [-0.2, 0) is 0 Å². The third-order valence-corrected chi connectivity index (χ3v) is 12.2. The van der Waals surface area contributed by atoms with Gasteiger partial charge in [0.05, 0.1) is 22.3 Å². The molecule has 0 unspecified atom stereocenters. The molecule has 3 saturated carbocycles. The number of halogens is 1. The van der Waals surface area contributed by atoms with E-state index in [0.717, 1.165) is 37.9 Å². The van der Waals surface area contributed by atoms with Gasteiger partial charge in [-0.15, -0.1) is 0 Å². The molecule has 0 saturated heterocycles. The zero-order valence-corrected chi connectivity index (χ0v) is 25.0. The Morgan fingerprint density at radius 2 is 1.76 bits per heavy atom. The highest BCUT2D eigenvalue weighted by atomic mass is 35.5. The van der Waals surface area contributed by atoms with Gasteiger partial charge in [0.1, 0.15) is 5.82 Å². The van der Waals surface area contributed by atoms with Crippen LogP contribution in [-0.4, -0.2) is 32.4 Å². The van der Waals surface area contributed by atoms with Gasteiger partial charge >= 0.3 is 0 Å². The highest BCUT2D eigenvalue weighted by Crippen LogP contribution is 2.69. The molecule has 38 heavy (non-hydrogen) atoms. The predicted molar refractivity (Wildman–Crippen MR) is 157 cm³/mol. The maximum atomic E-state index is 12.7. The molecule has 5 rings (SSSR count). The summed E-state index contributed by atoms with van der Waals surface area (Å²) in [4.78, 5) is 4.54. The summed E-state index contributed by atoms with van der Waals surface area (Å²) in [5.41, 5.74) is -1.37. The number of rotatable bonds is 6. The molecule has 0 spiro atoms. The Hall–Kier alpha value is -1.36. The normalized spacial score (nSPS) is 43.9. The van der Waals surface area contributed by atoms with Gasteiger partial charge in [0.25, 0.3) is 0 Å². The molecule has 1 aromatic rings. The minimum absolute atomic E-state index is 0.121. The monoisotopic (exact) mass is 540 g/mol. The maximum Gasteiger partial charge on any atom is 0.126 e.